The molecule has 0 radical (unpaired) electrons. The maximum absolute atomic E-state index is 12.3. The van der Waals surface area contributed by atoms with Crippen molar-refractivity contribution in [2.24, 2.45) is 0 Å². The molecule has 3 heterocycles. The lowest BCUT2D eigenvalue weighted by Crippen LogP contribution is -2.22. The first-order chi connectivity index (χ1) is 14.1. The normalized spacial score (nSPS) is 10.6. The fraction of sp³-hybridized carbons (Fsp3) is 0.100. The van der Waals surface area contributed by atoms with Gasteiger partial charge in [0.05, 0.1) is 28.6 Å². The summed E-state index contributed by atoms with van der Waals surface area (Å²) in [5, 5.41) is 12.0. The van der Waals surface area contributed by atoms with Crippen LogP contribution in [0.2, 0.25) is 0 Å². The molecule has 0 spiro atoms. The van der Waals surface area contributed by atoms with E-state index in [4.69, 9.17) is 5.73 Å². The Balaban J connectivity index is 2.05. The second-order valence-electron chi connectivity index (χ2n) is 6.16. The van der Waals surface area contributed by atoms with Crippen LogP contribution in [-0.2, 0) is 0 Å². The largest absolute Gasteiger partial charge is 0.369 e. The van der Waals surface area contributed by atoms with Crippen molar-refractivity contribution in [2.45, 2.75) is 6.92 Å². The Morgan fingerprint density at radius 2 is 2.17 bits per heavy atom. The van der Waals surface area contributed by atoms with Crippen molar-refractivity contribution < 1.29 is 4.79 Å². The van der Waals surface area contributed by atoms with Gasteiger partial charge in [-0.2, -0.15) is 5.26 Å². The average molecular weight is 384 g/mol. The predicted octanol–water partition coefficient (Wildman–Crippen LogP) is 2.06. The van der Waals surface area contributed by atoms with Crippen LogP contribution in [0.3, 0.4) is 0 Å². The molecule has 0 fully saturated rings. The quantitative estimate of drug-likeness (QED) is 0.550. The van der Waals surface area contributed by atoms with Crippen LogP contribution >= 0.6 is 0 Å². The van der Waals surface area contributed by atoms with Crippen LogP contribution in [0, 0.1) is 11.3 Å². The highest BCUT2D eigenvalue weighted by Crippen LogP contribution is 2.34. The number of rotatable bonds is 4. The van der Waals surface area contributed by atoms with Gasteiger partial charge in [0.2, 0.25) is 5.95 Å². The number of nitriles is 1. The van der Waals surface area contributed by atoms with Crippen molar-refractivity contribution in [2.75, 3.05) is 12.3 Å². The fourth-order valence-electron chi connectivity index (χ4n) is 3.04. The Labute approximate surface area is 165 Å². The summed E-state index contributed by atoms with van der Waals surface area (Å²) in [7, 11) is 0. The van der Waals surface area contributed by atoms with Crippen molar-refractivity contribution in [3.63, 3.8) is 0 Å². The number of carbonyl (C=O) groups is 1. The summed E-state index contributed by atoms with van der Waals surface area (Å²) in [5.41, 5.74) is 9.70. The highest BCUT2D eigenvalue weighted by molar-refractivity contribution is 5.96. The third kappa shape index (κ3) is 3.23. The van der Waals surface area contributed by atoms with Crippen LogP contribution in [0.1, 0.15) is 23.0 Å². The molecule has 9 heteroatoms. The third-order valence-electron chi connectivity index (χ3n) is 4.31. The number of hydrogen-bond acceptors (Lipinski definition) is 7. The van der Waals surface area contributed by atoms with Crippen LogP contribution < -0.4 is 11.1 Å². The molecule has 0 bridgehead atoms. The van der Waals surface area contributed by atoms with Gasteiger partial charge in [-0.15, -0.1) is 0 Å². The van der Waals surface area contributed by atoms with Gasteiger partial charge in [0.15, 0.2) is 5.65 Å². The Bertz CT molecular complexity index is 1260. The van der Waals surface area contributed by atoms with E-state index >= 15 is 0 Å². The average Bonchev–Trinajstić information content (AvgIpc) is 3.20. The van der Waals surface area contributed by atoms with Gasteiger partial charge >= 0.3 is 0 Å². The molecule has 0 aliphatic heterocycles. The van der Waals surface area contributed by atoms with E-state index in [9.17, 15) is 10.1 Å². The number of hydrogen-bond donors (Lipinski definition) is 2. The first-order valence-corrected chi connectivity index (χ1v) is 8.86. The van der Waals surface area contributed by atoms with Gasteiger partial charge in [-0.3, -0.25) is 9.20 Å². The first-order valence-electron chi connectivity index (χ1n) is 8.86. The molecule has 4 aromatic rings. The molecule has 29 heavy (non-hydrogen) atoms. The summed E-state index contributed by atoms with van der Waals surface area (Å²) < 4.78 is 1.56. The third-order valence-corrected chi connectivity index (χ3v) is 4.31. The number of fused-ring (bicyclic) bond motifs is 1. The van der Waals surface area contributed by atoms with Crippen LogP contribution in [-0.4, -0.2) is 36.8 Å². The Morgan fingerprint density at radius 3 is 2.90 bits per heavy atom. The molecule has 0 atom stereocenters. The molecule has 4 rings (SSSR count). The van der Waals surface area contributed by atoms with Gasteiger partial charge in [0, 0.05) is 24.5 Å². The zero-order valence-corrected chi connectivity index (χ0v) is 15.5. The van der Waals surface area contributed by atoms with E-state index in [0.717, 1.165) is 0 Å². The minimum atomic E-state index is -0.308. The van der Waals surface area contributed by atoms with Crippen molar-refractivity contribution in [3.8, 4) is 28.6 Å². The summed E-state index contributed by atoms with van der Waals surface area (Å²) in [6.45, 7) is 2.31. The zero-order chi connectivity index (χ0) is 20.4. The number of benzene rings is 1. The molecule has 1 aromatic carbocycles. The van der Waals surface area contributed by atoms with Crippen LogP contribution in [0.4, 0.5) is 5.95 Å². The van der Waals surface area contributed by atoms with Crippen molar-refractivity contribution in [1.82, 2.24) is 29.7 Å². The molecule has 0 aliphatic rings. The number of nitrogens with one attached hydrogen (secondary N) is 1. The molecular weight excluding hydrogens is 368 g/mol. The van der Waals surface area contributed by atoms with Gasteiger partial charge in [0.25, 0.3) is 5.91 Å². The number of nitrogens with two attached hydrogens (primary N) is 1. The smallest absolute Gasteiger partial charge is 0.271 e. The minimum absolute atomic E-state index is 0.165. The second-order valence-corrected chi connectivity index (χ2v) is 6.16. The molecular formula is C20H16N8O. The molecule has 0 unspecified atom stereocenters. The summed E-state index contributed by atoms with van der Waals surface area (Å²) in [6.07, 6.45) is 4.58. The number of carbonyl (C=O) groups excluding carboxylic acids is 1. The molecule has 3 aromatic heterocycles. The number of aromatic nitrogens is 5. The Morgan fingerprint density at radius 1 is 1.31 bits per heavy atom. The monoisotopic (exact) mass is 384 g/mol. The van der Waals surface area contributed by atoms with E-state index in [-0.39, 0.29) is 17.5 Å². The predicted molar refractivity (Wildman–Crippen MR) is 107 cm³/mol. The summed E-state index contributed by atoms with van der Waals surface area (Å²) in [4.78, 5) is 29.6. The van der Waals surface area contributed by atoms with E-state index in [1.165, 1.54) is 6.33 Å². The van der Waals surface area contributed by atoms with Crippen molar-refractivity contribution in [1.29, 1.82) is 5.26 Å². The molecule has 1 amide bonds. The lowest BCUT2D eigenvalue weighted by atomic mass is 10.0. The van der Waals surface area contributed by atoms with E-state index in [1.54, 1.807) is 41.1 Å². The van der Waals surface area contributed by atoms with Gasteiger partial charge in [-0.1, -0.05) is 12.1 Å². The lowest BCUT2D eigenvalue weighted by molar-refractivity contribution is 0.0951. The van der Waals surface area contributed by atoms with Crippen LogP contribution in [0.25, 0.3) is 28.2 Å². The first kappa shape index (κ1) is 18.1. The van der Waals surface area contributed by atoms with Crippen molar-refractivity contribution >= 4 is 17.5 Å². The van der Waals surface area contributed by atoms with Crippen molar-refractivity contribution in [3.05, 3.63) is 60.3 Å². The van der Waals surface area contributed by atoms with E-state index in [1.807, 2.05) is 13.0 Å². The second kappa shape index (κ2) is 7.36. The molecule has 9 nitrogen and oxygen atoms in total. The van der Waals surface area contributed by atoms with Gasteiger partial charge in [0.1, 0.15) is 12.0 Å². The minimum Gasteiger partial charge on any atom is -0.369 e. The lowest BCUT2D eigenvalue weighted by Gasteiger charge is -2.12. The molecule has 0 aliphatic carbocycles. The number of imidazole rings is 1. The summed E-state index contributed by atoms with van der Waals surface area (Å²) in [6, 6.07) is 10.9. The van der Waals surface area contributed by atoms with Crippen LogP contribution in [0.5, 0.6) is 0 Å². The molecule has 0 saturated carbocycles. The standard InChI is InChI=1S/C20H16N8O/c1-2-24-19(29)15-10-28-18(26-15)16(14-6-7-23-11-25-14)17(27-20(28)22)13-5-3-4-12(8-13)9-21/h3-8,10-11H,2H2,1H3,(H2,22,27)(H,24,29). The van der Waals surface area contributed by atoms with E-state index in [2.05, 4.69) is 31.3 Å². The zero-order valence-electron chi connectivity index (χ0n) is 15.5. The fourth-order valence-corrected chi connectivity index (χ4v) is 3.04. The van der Waals surface area contributed by atoms with Crippen LogP contribution in [0.15, 0.2) is 49.1 Å². The van der Waals surface area contributed by atoms with Gasteiger partial charge < -0.3 is 11.1 Å². The highest BCUT2D eigenvalue weighted by Gasteiger charge is 2.21. The molecule has 142 valence electrons. The van der Waals surface area contributed by atoms with E-state index < -0.39 is 0 Å². The number of amides is 1. The van der Waals surface area contributed by atoms with E-state index in [0.29, 0.717) is 40.3 Å². The number of nitrogens with zero attached hydrogens (tertiary/aromatic N) is 6. The summed E-state index contributed by atoms with van der Waals surface area (Å²) in [5.74, 6) is -0.143. The molecule has 3 N–H and O–H groups in total. The number of anilines is 1. The highest BCUT2D eigenvalue weighted by atomic mass is 16.1. The van der Waals surface area contributed by atoms with Gasteiger partial charge in [-0.05, 0) is 25.1 Å². The maximum Gasteiger partial charge on any atom is 0.271 e. The Hall–Kier alpha value is -4.32. The molecule has 0 saturated heterocycles. The Kier molecular flexibility index (Phi) is 4.58. The summed E-state index contributed by atoms with van der Waals surface area (Å²) >= 11 is 0. The maximum atomic E-state index is 12.3. The van der Waals surface area contributed by atoms with Gasteiger partial charge in [-0.25, -0.2) is 19.9 Å². The SMILES string of the molecule is CCNC(=O)c1cn2c(N)nc(-c3cccc(C#N)c3)c(-c3ccncn3)c2n1. The topological polar surface area (TPSA) is 135 Å². The number of nitrogen functional groups attached to an aromatic ring is 1.